The van der Waals surface area contributed by atoms with Crippen LogP contribution in [0, 0.1) is 0 Å². The Hall–Kier alpha value is -2.84. The highest BCUT2D eigenvalue weighted by Crippen LogP contribution is 2.40. The Morgan fingerprint density at radius 1 is 0.389 bits per heavy atom. The summed E-state index contributed by atoms with van der Waals surface area (Å²) in [6.07, 6.45) is -9.00. The zero-order chi connectivity index (χ0) is 26.1. The van der Waals surface area contributed by atoms with Gasteiger partial charge in [0.2, 0.25) is 0 Å². The van der Waals surface area contributed by atoms with Crippen LogP contribution < -0.4 is 0 Å². The van der Waals surface area contributed by atoms with Crippen LogP contribution in [0.2, 0.25) is 0 Å². The standard InChI is InChI=1S/C28H16Br2F6/c29-23-13-5-19(6-14-23)25(17-1-9-21(10-2-17)27(31,32)33)26(20-7-15-24(30)16-8-20)18-3-11-22(12-4-18)28(34,35)36/h1-16H. The van der Waals surface area contributed by atoms with E-state index in [2.05, 4.69) is 31.9 Å². The predicted octanol–water partition coefficient (Wildman–Crippen LogP) is 10.3. The monoisotopic (exact) mass is 624 g/mol. The summed E-state index contributed by atoms with van der Waals surface area (Å²) in [5.41, 5.74) is 1.94. The Bertz CT molecular complexity index is 1260. The zero-order valence-corrected chi connectivity index (χ0v) is 21.4. The van der Waals surface area contributed by atoms with Crippen LogP contribution in [0.1, 0.15) is 33.4 Å². The highest BCUT2D eigenvalue weighted by atomic mass is 79.9. The fourth-order valence-corrected chi connectivity index (χ4v) is 4.32. The Morgan fingerprint density at radius 3 is 0.833 bits per heavy atom. The van der Waals surface area contributed by atoms with E-state index in [-0.39, 0.29) is 0 Å². The molecule has 184 valence electrons. The molecule has 0 aliphatic rings. The summed E-state index contributed by atoms with van der Waals surface area (Å²) in [5.74, 6) is 0. The van der Waals surface area contributed by atoms with Crippen LogP contribution >= 0.6 is 31.9 Å². The minimum Gasteiger partial charge on any atom is -0.166 e. The van der Waals surface area contributed by atoms with Crippen molar-refractivity contribution in [3.63, 3.8) is 0 Å². The third kappa shape index (κ3) is 5.93. The Kier molecular flexibility index (Phi) is 7.48. The summed E-state index contributed by atoms with van der Waals surface area (Å²) in [6, 6.07) is 23.9. The van der Waals surface area contributed by atoms with E-state index in [0.29, 0.717) is 33.4 Å². The van der Waals surface area contributed by atoms with Crippen molar-refractivity contribution >= 4 is 43.0 Å². The lowest BCUT2D eigenvalue weighted by Gasteiger charge is -2.19. The second-order valence-electron chi connectivity index (χ2n) is 7.91. The minimum atomic E-state index is -4.50. The summed E-state index contributed by atoms with van der Waals surface area (Å²) in [6.45, 7) is 0. The molecule has 0 unspecified atom stereocenters. The molecule has 0 radical (unpaired) electrons. The first kappa shape index (κ1) is 26.2. The maximum absolute atomic E-state index is 13.2. The molecule has 0 bridgehead atoms. The Balaban J connectivity index is 2.04. The van der Waals surface area contributed by atoms with Crippen molar-refractivity contribution in [3.8, 4) is 0 Å². The lowest BCUT2D eigenvalue weighted by Crippen LogP contribution is -2.06. The molecule has 0 fully saturated rings. The first-order valence-corrected chi connectivity index (χ1v) is 12.1. The molecule has 0 nitrogen and oxygen atoms in total. The maximum atomic E-state index is 13.2. The maximum Gasteiger partial charge on any atom is 0.416 e. The van der Waals surface area contributed by atoms with Crippen LogP contribution in [0.4, 0.5) is 26.3 Å². The predicted molar refractivity (Wildman–Crippen MR) is 136 cm³/mol. The van der Waals surface area contributed by atoms with Crippen molar-refractivity contribution in [2.24, 2.45) is 0 Å². The molecular weight excluding hydrogens is 610 g/mol. The van der Waals surface area contributed by atoms with Crippen molar-refractivity contribution in [1.82, 2.24) is 0 Å². The third-order valence-corrected chi connectivity index (χ3v) is 6.57. The third-order valence-electron chi connectivity index (χ3n) is 5.52. The van der Waals surface area contributed by atoms with Gasteiger partial charge < -0.3 is 0 Å². The molecule has 4 rings (SSSR count). The Morgan fingerprint density at radius 2 is 0.611 bits per heavy atom. The van der Waals surface area contributed by atoms with Gasteiger partial charge in [0.15, 0.2) is 0 Å². The van der Waals surface area contributed by atoms with Gasteiger partial charge in [-0.3, -0.25) is 0 Å². The van der Waals surface area contributed by atoms with Gasteiger partial charge in [-0.1, -0.05) is 80.4 Å². The van der Waals surface area contributed by atoms with Gasteiger partial charge in [0.1, 0.15) is 0 Å². The highest BCUT2D eigenvalue weighted by Gasteiger charge is 2.31. The lowest BCUT2D eigenvalue weighted by atomic mass is 9.85. The molecule has 0 saturated heterocycles. The fourth-order valence-electron chi connectivity index (χ4n) is 3.80. The molecule has 0 saturated carbocycles. The van der Waals surface area contributed by atoms with Crippen LogP contribution in [0.25, 0.3) is 11.1 Å². The van der Waals surface area contributed by atoms with Crippen molar-refractivity contribution in [2.75, 3.05) is 0 Å². The summed E-state index contributed by atoms with van der Waals surface area (Å²) in [5, 5.41) is 0. The smallest absolute Gasteiger partial charge is 0.166 e. The second kappa shape index (κ2) is 10.3. The molecule has 4 aromatic carbocycles. The number of hydrogen-bond acceptors (Lipinski definition) is 0. The number of alkyl halides is 6. The molecular formula is C28H16Br2F6. The average Bonchev–Trinajstić information content (AvgIpc) is 2.83. The number of halogens is 8. The van der Waals surface area contributed by atoms with E-state index in [1.807, 2.05) is 0 Å². The molecule has 0 N–H and O–H groups in total. The van der Waals surface area contributed by atoms with E-state index in [4.69, 9.17) is 0 Å². The van der Waals surface area contributed by atoms with Crippen LogP contribution in [-0.4, -0.2) is 0 Å². The molecule has 0 amide bonds. The molecule has 8 heteroatoms. The number of hydrogen-bond donors (Lipinski definition) is 0. The molecule has 4 aromatic rings. The zero-order valence-electron chi connectivity index (χ0n) is 18.3. The number of rotatable bonds is 4. The van der Waals surface area contributed by atoms with Gasteiger partial charge in [-0.05, 0) is 81.9 Å². The summed E-state index contributed by atoms with van der Waals surface area (Å²) in [4.78, 5) is 0. The van der Waals surface area contributed by atoms with Gasteiger partial charge in [-0.25, -0.2) is 0 Å². The molecule has 0 spiro atoms. The number of benzene rings is 4. The van der Waals surface area contributed by atoms with Gasteiger partial charge >= 0.3 is 12.4 Å². The summed E-state index contributed by atoms with van der Waals surface area (Å²) >= 11 is 6.78. The van der Waals surface area contributed by atoms with Crippen molar-refractivity contribution < 1.29 is 26.3 Å². The van der Waals surface area contributed by atoms with Crippen molar-refractivity contribution in [2.45, 2.75) is 12.4 Å². The van der Waals surface area contributed by atoms with E-state index in [0.717, 1.165) is 33.2 Å². The lowest BCUT2D eigenvalue weighted by molar-refractivity contribution is -0.138. The van der Waals surface area contributed by atoms with Gasteiger partial charge in [-0.15, -0.1) is 0 Å². The highest BCUT2D eigenvalue weighted by molar-refractivity contribution is 9.10. The molecule has 0 heterocycles. The van der Waals surface area contributed by atoms with E-state index in [1.165, 1.54) is 24.3 Å². The summed E-state index contributed by atoms with van der Waals surface area (Å²) < 4.78 is 81.0. The van der Waals surface area contributed by atoms with Gasteiger partial charge in [0, 0.05) is 8.95 Å². The molecule has 0 atom stereocenters. The van der Waals surface area contributed by atoms with Gasteiger partial charge in [-0.2, -0.15) is 26.3 Å². The molecule has 0 aliphatic heterocycles. The van der Waals surface area contributed by atoms with Crippen LogP contribution in [-0.2, 0) is 12.4 Å². The van der Waals surface area contributed by atoms with E-state index in [9.17, 15) is 26.3 Å². The molecule has 0 aliphatic carbocycles. The first-order chi connectivity index (χ1) is 16.9. The normalized spacial score (nSPS) is 12.9. The van der Waals surface area contributed by atoms with Crippen molar-refractivity contribution in [1.29, 1.82) is 0 Å². The van der Waals surface area contributed by atoms with Gasteiger partial charge in [0.25, 0.3) is 0 Å². The van der Waals surface area contributed by atoms with Gasteiger partial charge in [0.05, 0.1) is 11.1 Å². The fraction of sp³-hybridized carbons (Fsp3) is 0.0714. The average molecular weight is 626 g/mol. The Labute approximate surface area is 220 Å². The van der Waals surface area contributed by atoms with E-state index in [1.54, 1.807) is 48.5 Å². The van der Waals surface area contributed by atoms with Crippen LogP contribution in [0.5, 0.6) is 0 Å². The minimum absolute atomic E-state index is 0.489. The van der Waals surface area contributed by atoms with E-state index < -0.39 is 23.5 Å². The van der Waals surface area contributed by atoms with Crippen molar-refractivity contribution in [3.05, 3.63) is 139 Å². The SMILES string of the molecule is FC(F)(F)c1ccc(C(=C(c2ccc(Br)cc2)c2ccc(C(F)(F)F)cc2)c2ccc(Br)cc2)cc1. The van der Waals surface area contributed by atoms with E-state index >= 15 is 0 Å². The second-order valence-corrected chi connectivity index (χ2v) is 9.75. The quantitative estimate of drug-likeness (QED) is 0.156. The molecule has 0 aromatic heterocycles. The first-order valence-electron chi connectivity index (χ1n) is 10.5. The largest absolute Gasteiger partial charge is 0.416 e. The van der Waals surface area contributed by atoms with Crippen LogP contribution in [0.15, 0.2) is 106 Å². The molecule has 36 heavy (non-hydrogen) atoms. The topological polar surface area (TPSA) is 0 Å². The summed E-state index contributed by atoms with van der Waals surface area (Å²) in [7, 11) is 0. The van der Waals surface area contributed by atoms with Crippen LogP contribution in [0.3, 0.4) is 0 Å².